The molecule has 3 heterocycles. The Bertz CT molecular complexity index is 1450. The number of nitro benzene ring substituents is 2. The number of carbonyl (C=O) groups excluding carboxylic acids is 2. The number of nitrogens with one attached hydrogen (secondary N) is 1. The van der Waals surface area contributed by atoms with Crippen LogP contribution in [-0.4, -0.2) is 136 Å². The van der Waals surface area contributed by atoms with Gasteiger partial charge >= 0.3 is 0 Å². The summed E-state index contributed by atoms with van der Waals surface area (Å²) in [6.07, 6.45) is 2.56. The van der Waals surface area contributed by atoms with Gasteiger partial charge in [0, 0.05) is 82.4 Å². The van der Waals surface area contributed by atoms with E-state index in [1.165, 1.54) is 58.6 Å². The summed E-state index contributed by atoms with van der Waals surface area (Å²) in [6, 6.07) is 5.01. The maximum absolute atomic E-state index is 12.8. The van der Waals surface area contributed by atoms with E-state index in [0.29, 0.717) is 5.56 Å². The van der Waals surface area contributed by atoms with Crippen LogP contribution < -0.4 is 21.7 Å². The summed E-state index contributed by atoms with van der Waals surface area (Å²) in [5.41, 5.74) is 10.4. The Kier molecular flexibility index (Phi) is 21.9. The number of likely N-dealkylation sites (N-methyl/N-ethyl adjacent to an activating group) is 2. The summed E-state index contributed by atoms with van der Waals surface area (Å²) < 4.78 is 17.7. The molecule has 0 aliphatic carbocycles. The van der Waals surface area contributed by atoms with Gasteiger partial charge in [0.1, 0.15) is 16.9 Å². The lowest BCUT2D eigenvalue weighted by molar-refractivity contribution is -0.385. The first-order valence-corrected chi connectivity index (χ1v) is 18.0. The Balaban J connectivity index is 0.000000366. The number of primary amides is 2. The Morgan fingerprint density at radius 3 is 1.55 bits per heavy atom. The summed E-state index contributed by atoms with van der Waals surface area (Å²) in [7, 11) is 4.20. The molecule has 17 heteroatoms. The minimum atomic E-state index is -1.01. The van der Waals surface area contributed by atoms with Gasteiger partial charge in [-0.2, -0.15) is 0 Å². The molecule has 5 N–H and O–H groups in total. The van der Waals surface area contributed by atoms with Gasteiger partial charge in [0.05, 0.1) is 9.85 Å². The van der Waals surface area contributed by atoms with E-state index in [0.717, 1.165) is 70.3 Å². The molecular formula is C36H60FN9O7. The number of benzene rings is 2. The molecule has 0 atom stereocenters. The Labute approximate surface area is 312 Å². The van der Waals surface area contributed by atoms with Crippen molar-refractivity contribution >= 4 is 28.9 Å². The van der Waals surface area contributed by atoms with Gasteiger partial charge < -0.3 is 41.1 Å². The third kappa shape index (κ3) is 16.9. The van der Waals surface area contributed by atoms with E-state index < -0.39 is 38.7 Å². The van der Waals surface area contributed by atoms with Crippen molar-refractivity contribution in [3.63, 3.8) is 0 Å². The highest BCUT2D eigenvalue weighted by molar-refractivity contribution is 5.99. The maximum Gasteiger partial charge on any atom is 0.285 e. The number of halogens is 1. The van der Waals surface area contributed by atoms with Gasteiger partial charge in [-0.25, -0.2) is 4.39 Å². The number of nitrogens with two attached hydrogens (primary N) is 2. The van der Waals surface area contributed by atoms with Gasteiger partial charge in [0.15, 0.2) is 0 Å². The van der Waals surface area contributed by atoms with E-state index in [4.69, 9.17) is 16.2 Å². The molecule has 0 spiro atoms. The number of anilines is 1. The van der Waals surface area contributed by atoms with Crippen molar-refractivity contribution in [2.24, 2.45) is 11.5 Å². The number of piperazine rings is 2. The van der Waals surface area contributed by atoms with Gasteiger partial charge in [-0.1, -0.05) is 20.8 Å². The smallest absolute Gasteiger partial charge is 0.285 e. The van der Waals surface area contributed by atoms with Crippen molar-refractivity contribution in [1.82, 2.24) is 20.0 Å². The van der Waals surface area contributed by atoms with Gasteiger partial charge in [-0.3, -0.25) is 29.8 Å². The largest absolute Gasteiger partial charge is 0.381 e. The van der Waals surface area contributed by atoms with Crippen molar-refractivity contribution in [1.29, 1.82) is 0 Å². The third-order valence-electron chi connectivity index (χ3n) is 8.82. The highest BCUT2D eigenvalue weighted by atomic mass is 19.1. The van der Waals surface area contributed by atoms with Crippen LogP contribution in [0.4, 0.5) is 21.5 Å². The van der Waals surface area contributed by atoms with Crippen molar-refractivity contribution < 1.29 is 28.6 Å². The molecule has 53 heavy (non-hydrogen) atoms. The number of hydrogen-bond acceptors (Lipinski definition) is 12. The lowest BCUT2D eigenvalue weighted by Crippen LogP contribution is -2.44. The highest BCUT2D eigenvalue weighted by Gasteiger charge is 2.25. The van der Waals surface area contributed by atoms with E-state index >= 15 is 0 Å². The summed E-state index contributed by atoms with van der Waals surface area (Å²) in [6.45, 7) is 23.3. The predicted octanol–water partition coefficient (Wildman–Crippen LogP) is 3.56. The summed E-state index contributed by atoms with van der Waals surface area (Å²) in [5, 5.41) is 24.9. The first-order valence-electron chi connectivity index (χ1n) is 18.0. The van der Waals surface area contributed by atoms with E-state index in [1.54, 1.807) is 13.0 Å². The van der Waals surface area contributed by atoms with E-state index in [2.05, 4.69) is 52.7 Å². The van der Waals surface area contributed by atoms with Crippen molar-refractivity contribution in [2.75, 3.05) is 104 Å². The van der Waals surface area contributed by atoms with Gasteiger partial charge in [-0.05, 0) is 84.7 Å². The molecule has 0 saturated carbocycles. The van der Waals surface area contributed by atoms with Crippen LogP contribution in [-0.2, 0) is 4.74 Å². The van der Waals surface area contributed by atoms with Crippen LogP contribution in [0.3, 0.4) is 0 Å². The number of hydrogen-bond donors (Lipinski definition) is 3. The summed E-state index contributed by atoms with van der Waals surface area (Å²) in [5.74, 6) is -2.50. The van der Waals surface area contributed by atoms with Crippen LogP contribution in [0.25, 0.3) is 0 Å². The molecule has 16 nitrogen and oxygen atoms in total. The second-order valence-electron chi connectivity index (χ2n) is 12.8. The Morgan fingerprint density at radius 2 is 1.21 bits per heavy atom. The number of nitrogens with zero attached hydrogens (tertiary/aromatic N) is 6. The molecule has 2 aromatic carbocycles. The molecule has 0 radical (unpaired) electrons. The number of rotatable bonds is 8. The molecule has 0 bridgehead atoms. The second-order valence-corrected chi connectivity index (χ2v) is 12.8. The average Bonchev–Trinajstić information content (AvgIpc) is 3.70. The zero-order chi connectivity index (χ0) is 40.1. The van der Waals surface area contributed by atoms with E-state index in [1.807, 2.05) is 7.05 Å². The molecule has 298 valence electrons. The molecule has 0 unspecified atom stereocenters. The Hall–Kier alpha value is -4.29. The van der Waals surface area contributed by atoms with Crippen molar-refractivity contribution in [3.05, 3.63) is 72.6 Å². The summed E-state index contributed by atoms with van der Waals surface area (Å²) in [4.78, 5) is 51.6. The van der Waals surface area contributed by atoms with Gasteiger partial charge in [0.2, 0.25) is 0 Å². The van der Waals surface area contributed by atoms with Crippen molar-refractivity contribution in [3.8, 4) is 0 Å². The lowest BCUT2D eigenvalue weighted by atomic mass is 10.1. The van der Waals surface area contributed by atoms with Gasteiger partial charge in [-0.15, -0.1) is 0 Å². The Morgan fingerprint density at radius 1 is 0.774 bits per heavy atom. The van der Waals surface area contributed by atoms with Crippen LogP contribution in [0.5, 0.6) is 0 Å². The molecule has 3 saturated heterocycles. The maximum atomic E-state index is 12.8. The van der Waals surface area contributed by atoms with Crippen LogP contribution >= 0.6 is 0 Å². The number of carbonyl (C=O) groups is 2. The van der Waals surface area contributed by atoms with Crippen LogP contribution in [0.15, 0.2) is 24.3 Å². The second kappa shape index (κ2) is 24.9. The minimum absolute atomic E-state index is 0.0241. The van der Waals surface area contributed by atoms with Gasteiger partial charge in [0.25, 0.3) is 23.2 Å². The number of amides is 2. The number of ether oxygens (including phenoxy) is 1. The molecule has 3 fully saturated rings. The molecule has 5 rings (SSSR count). The minimum Gasteiger partial charge on any atom is -0.381 e. The lowest BCUT2D eigenvalue weighted by Gasteiger charge is -2.34. The molecule has 3 aliphatic rings. The molecule has 2 amide bonds. The van der Waals surface area contributed by atoms with Crippen LogP contribution in [0.2, 0.25) is 0 Å². The van der Waals surface area contributed by atoms with Crippen LogP contribution in [0.1, 0.15) is 65.5 Å². The number of aryl methyl sites for hydroxylation is 2. The molecule has 2 aromatic rings. The quantitative estimate of drug-likeness (QED) is 0.262. The SMILES string of the molecule is C1CCOC1.CCN(CC)CC.CN1CCNCC1.Cc1cc(F)cc(C(N)=O)c1[N+](=O)[O-].Cc1cc(N2CCN(C)CC2)cc(C(N)=O)c1[N+](=O)[O-]. The third-order valence-corrected chi connectivity index (χ3v) is 8.82. The normalized spacial score (nSPS) is 15.7. The molecule has 3 aliphatic heterocycles. The first-order chi connectivity index (χ1) is 25.1. The average molecular weight is 750 g/mol. The predicted molar refractivity (Wildman–Crippen MR) is 206 cm³/mol. The standard InChI is InChI=1S/C13H18N4O3.C8H7FN2O3.C6H15N.C5H12N2.C4H8O/c1-9-7-10(16-5-3-15(2)4-6-16)8-11(13(14)18)12(9)17(19)20;1-4-2-5(9)3-6(8(10)12)7(4)11(13)14;1-4-7(5-2)6-3;1-7-4-2-6-3-5-7;1-2-4-5-3-1/h7-8H,3-6H2,1-2H3,(H2,14,18);2-3H,1H3,(H2,10,12);4-6H2,1-3H3;6H,2-5H2,1H3;1-4H2. The fraction of sp³-hybridized carbons (Fsp3) is 0.611. The van der Waals surface area contributed by atoms with Crippen molar-refractivity contribution in [2.45, 2.75) is 47.5 Å². The van der Waals surface area contributed by atoms with Crippen LogP contribution in [0, 0.1) is 39.9 Å². The fourth-order valence-corrected chi connectivity index (χ4v) is 5.56. The van der Waals surface area contributed by atoms with E-state index in [9.17, 15) is 34.2 Å². The first kappa shape index (κ1) is 46.7. The zero-order valence-corrected chi connectivity index (χ0v) is 32.5. The fourth-order valence-electron chi connectivity index (χ4n) is 5.56. The number of nitro groups is 2. The highest BCUT2D eigenvalue weighted by Crippen LogP contribution is 2.30. The zero-order valence-electron chi connectivity index (χ0n) is 32.5. The molecular weight excluding hydrogens is 689 g/mol. The summed E-state index contributed by atoms with van der Waals surface area (Å²) >= 11 is 0. The monoisotopic (exact) mass is 749 g/mol. The molecule has 0 aromatic heterocycles. The topological polar surface area (TPSA) is 207 Å². The van der Waals surface area contributed by atoms with E-state index in [-0.39, 0.29) is 16.8 Å².